The van der Waals surface area contributed by atoms with Crippen LogP contribution in [0.5, 0.6) is 5.88 Å². The summed E-state index contributed by atoms with van der Waals surface area (Å²) in [6.07, 6.45) is 2.63. The van der Waals surface area contributed by atoms with Gasteiger partial charge in [-0.25, -0.2) is 22.8 Å². The highest BCUT2D eigenvalue weighted by Crippen LogP contribution is 2.32. The van der Waals surface area contributed by atoms with Crippen LogP contribution in [0.15, 0.2) is 6.07 Å². The number of nitrogens with one attached hydrogen (secondary N) is 2. The maximum absolute atomic E-state index is 14.1. The van der Waals surface area contributed by atoms with Crippen LogP contribution in [0.2, 0.25) is 0 Å². The second kappa shape index (κ2) is 14.3. The van der Waals surface area contributed by atoms with Gasteiger partial charge in [0, 0.05) is 39.3 Å². The number of aryl methyl sites for hydroxylation is 1. The van der Waals surface area contributed by atoms with Gasteiger partial charge in [0.1, 0.15) is 17.4 Å². The zero-order valence-corrected chi connectivity index (χ0v) is 21.9. The normalized spacial score (nSPS) is 14.4. The molecule has 0 atom stereocenters. The van der Waals surface area contributed by atoms with Crippen LogP contribution in [0.4, 0.5) is 23.0 Å². The first-order valence-corrected chi connectivity index (χ1v) is 13.1. The molecule has 10 nitrogen and oxygen atoms in total. The first-order chi connectivity index (χ1) is 18.2. The Kier molecular flexibility index (Phi) is 11.1. The summed E-state index contributed by atoms with van der Waals surface area (Å²) in [5, 5.41) is 23.5. The van der Waals surface area contributed by atoms with Gasteiger partial charge < -0.3 is 25.2 Å². The number of hydrogen-bond acceptors (Lipinski definition) is 8. The predicted octanol–water partition coefficient (Wildman–Crippen LogP) is 3.05. The van der Waals surface area contributed by atoms with Crippen LogP contribution in [-0.4, -0.2) is 88.8 Å². The SMILES string of the molecule is Cc1cc(F)c(COc2nsc(NC(=O)NCCCCCN3CCN(CCO)CC3)c2C(=O)O)c(F)c1F. The maximum atomic E-state index is 14.1. The number of aromatic carboxylic acids is 1. The Balaban J connectivity index is 1.42. The van der Waals surface area contributed by atoms with Crippen LogP contribution < -0.4 is 15.4 Å². The fourth-order valence-electron chi connectivity index (χ4n) is 4.04. The fraction of sp³-hybridized carbons (Fsp3) is 0.542. The number of ether oxygens (including phenoxy) is 1. The summed E-state index contributed by atoms with van der Waals surface area (Å²) < 4.78 is 50.9. The molecule has 0 saturated carbocycles. The molecule has 1 fully saturated rings. The Hall–Kier alpha value is -2.94. The van der Waals surface area contributed by atoms with Crippen molar-refractivity contribution in [3.05, 3.63) is 40.2 Å². The number of carboxylic acid groups (broad SMARTS) is 1. The first kappa shape index (κ1) is 29.6. The molecule has 0 bridgehead atoms. The predicted molar refractivity (Wildman–Crippen MR) is 135 cm³/mol. The highest BCUT2D eigenvalue weighted by molar-refractivity contribution is 7.11. The van der Waals surface area contributed by atoms with Crippen molar-refractivity contribution in [1.82, 2.24) is 19.5 Å². The number of aromatic nitrogens is 1. The van der Waals surface area contributed by atoms with E-state index in [0.29, 0.717) is 24.6 Å². The number of rotatable bonds is 13. The van der Waals surface area contributed by atoms with Crippen molar-refractivity contribution in [3.63, 3.8) is 0 Å². The Morgan fingerprint density at radius 2 is 1.76 bits per heavy atom. The number of urea groups is 1. The minimum Gasteiger partial charge on any atom is -0.477 e. The van der Waals surface area contributed by atoms with Crippen LogP contribution in [0, 0.1) is 24.4 Å². The van der Waals surface area contributed by atoms with Gasteiger partial charge in [-0.15, -0.1) is 0 Å². The van der Waals surface area contributed by atoms with Crippen LogP contribution >= 0.6 is 11.5 Å². The molecule has 0 radical (unpaired) electrons. The van der Waals surface area contributed by atoms with Crippen LogP contribution in [-0.2, 0) is 6.61 Å². The van der Waals surface area contributed by atoms with Crippen molar-refractivity contribution in [3.8, 4) is 5.88 Å². The maximum Gasteiger partial charge on any atom is 0.344 e. The molecule has 1 aromatic carbocycles. The van der Waals surface area contributed by atoms with Crippen molar-refractivity contribution in [2.45, 2.75) is 32.8 Å². The van der Waals surface area contributed by atoms with Crippen molar-refractivity contribution < 1.29 is 37.7 Å². The van der Waals surface area contributed by atoms with Gasteiger partial charge in [-0.3, -0.25) is 10.2 Å². The monoisotopic (exact) mass is 559 g/mol. The van der Waals surface area contributed by atoms with E-state index < -0.39 is 53.1 Å². The van der Waals surface area contributed by atoms with Gasteiger partial charge in [0.2, 0.25) is 5.88 Å². The number of carbonyl (C=O) groups is 2. The van der Waals surface area contributed by atoms with Crippen molar-refractivity contribution in [1.29, 1.82) is 0 Å². The second-order valence-electron chi connectivity index (χ2n) is 8.92. The van der Waals surface area contributed by atoms with E-state index in [2.05, 4.69) is 24.8 Å². The second-order valence-corrected chi connectivity index (χ2v) is 9.69. The molecule has 210 valence electrons. The summed E-state index contributed by atoms with van der Waals surface area (Å²) >= 11 is 0.636. The number of nitrogens with zero attached hydrogens (tertiary/aromatic N) is 3. The number of anilines is 1. The Morgan fingerprint density at radius 1 is 1.08 bits per heavy atom. The standard InChI is InChI=1S/C24H32F3N5O5S/c1-15-13-17(25)16(20(27)19(15)26)14-37-21-18(23(34)35)22(38-30-21)29-24(36)28-5-3-2-4-6-31-7-9-32(10-8-31)11-12-33/h13,33H,2-12,14H2,1H3,(H,34,35)(H2,28,29,36). The number of unbranched alkanes of at least 4 members (excludes halogenated alkanes) is 2. The zero-order valence-electron chi connectivity index (χ0n) is 21.1. The number of aliphatic hydroxyl groups is 1. The molecule has 14 heteroatoms. The van der Waals surface area contributed by atoms with Crippen LogP contribution in [0.1, 0.15) is 40.7 Å². The molecule has 1 aromatic heterocycles. The summed E-state index contributed by atoms with van der Waals surface area (Å²) in [5.74, 6) is -5.59. The Bertz CT molecular complexity index is 1110. The summed E-state index contributed by atoms with van der Waals surface area (Å²) in [6, 6.07) is 0.189. The van der Waals surface area contributed by atoms with Gasteiger partial charge in [0.15, 0.2) is 17.2 Å². The van der Waals surface area contributed by atoms with Gasteiger partial charge in [-0.2, -0.15) is 4.37 Å². The number of aliphatic hydroxyl groups excluding tert-OH is 1. The lowest BCUT2D eigenvalue weighted by molar-refractivity contribution is 0.0693. The van der Waals surface area contributed by atoms with Crippen molar-refractivity contribution in [2.24, 2.45) is 0 Å². The van der Waals surface area contributed by atoms with E-state index in [0.717, 1.165) is 58.1 Å². The van der Waals surface area contributed by atoms with Gasteiger partial charge in [-0.1, -0.05) is 6.42 Å². The molecule has 3 rings (SSSR count). The molecule has 0 aliphatic carbocycles. The lowest BCUT2D eigenvalue weighted by atomic mass is 10.1. The smallest absolute Gasteiger partial charge is 0.344 e. The highest BCUT2D eigenvalue weighted by Gasteiger charge is 2.25. The lowest BCUT2D eigenvalue weighted by Crippen LogP contribution is -2.47. The van der Waals surface area contributed by atoms with E-state index in [1.807, 2.05) is 0 Å². The quantitative estimate of drug-likeness (QED) is 0.218. The third-order valence-electron chi connectivity index (χ3n) is 6.21. The number of β-amino-alcohol motifs (C(OH)–C–C–N with tert-alkyl or cyclic N) is 1. The number of benzene rings is 1. The summed E-state index contributed by atoms with van der Waals surface area (Å²) in [6.45, 7) is 6.50. The Labute approximate surface area is 222 Å². The molecule has 1 saturated heterocycles. The molecule has 0 spiro atoms. The van der Waals surface area contributed by atoms with Gasteiger partial charge >= 0.3 is 12.0 Å². The average molecular weight is 560 g/mol. The van der Waals surface area contributed by atoms with Crippen LogP contribution in [0.3, 0.4) is 0 Å². The minimum atomic E-state index is -1.46. The van der Waals surface area contributed by atoms with Gasteiger partial charge in [0.05, 0.1) is 12.2 Å². The third-order valence-corrected chi connectivity index (χ3v) is 6.95. The van der Waals surface area contributed by atoms with E-state index in [-0.39, 0.29) is 17.2 Å². The number of amides is 2. The van der Waals surface area contributed by atoms with Gasteiger partial charge in [-0.05, 0) is 49.5 Å². The number of carboxylic acids is 1. The summed E-state index contributed by atoms with van der Waals surface area (Å²) in [5.41, 5.74) is -1.39. The van der Waals surface area contributed by atoms with E-state index in [9.17, 15) is 27.9 Å². The molecule has 38 heavy (non-hydrogen) atoms. The molecular weight excluding hydrogens is 527 g/mol. The topological polar surface area (TPSA) is 127 Å². The largest absolute Gasteiger partial charge is 0.477 e. The number of piperazine rings is 1. The van der Waals surface area contributed by atoms with E-state index in [1.165, 1.54) is 6.92 Å². The number of hydrogen-bond donors (Lipinski definition) is 4. The molecular formula is C24H32F3N5O5S. The lowest BCUT2D eigenvalue weighted by Gasteiger charge is -2.34. The molecule has 4 N–H and O–H groups in total. The minimum absolute atomic E-state index is 0.110. The third kappa shape index (κ3) is 8.03. The number of halogens is 3. The zero-order chi connectivity index (χ0) is 27.7. The van der Waals surface area contributed by atoms with Crippen molar-refractivity contribution in [2.75, 3.05) is 57.7 Å². The van der Waals surface area contributed by atoms with Gasteiger partial charge in [0.25, 0.3) is 0 Å². The van der Waals surface area contributed by atoms with E-state index in [4.69, 9.17) is 9.84 Å². The highest BCUT2D eigenvalue weighted by atomic mass is 32.1. The first-order valence-electron chi connectivity index (χ1n) is 12.3. The molecule has 2 aromatic rings. The molecule has 0 unspecified atom stereocenters. The van der Waals surface area contributed by atoms with E-state index >= 15 is 0 Å². The molecule has 2 heterocycles. The summed E-state index contributed by atoms with van der Waals surface area (Å²) in [7, 11) is 0. The fourth-order valence-corrected chi connectivity index (χ4v) is 4.76. The molecule has 1 aliphatic rings. The van der Waals surface area contributed by atoms with Crippen LogP contribution in [0.25, 0.3) is 0 Å². The molecule has 1 aliphatic heterocycles. The number of carbonyl (C=O) groups excluding carboxylic acids is 1. The average Bonchev–Trinajstić information content (AvgIpc) is 3.28. The molecule has 2 amide bonds. The summed E-state index contributed by atoms with van der Waals surface area (Å²) in [4.78, 5) is 28.6. The van der Waals surface area contributed by atoms with Crippen molar-refractivity contribution >= 4 is 28.5 Å². The van der Waals surface area contributed by atoms with E-state index in [1.54, 1.807) is 0 Å². The Morgan fingerprint density at radius 3 is 2.42 bits per heavy atom.